The van der Waals surface area contributed by atoms with Crippen molar-refractivity contribution in [3.8, 4) is 11.4 Å². The molecular formula is C15H17BrFN3. The van der Waals surface area contributed by atoms with Crippen LogP contribution in [0.25, 0.3) is 11.4 Å². The van der Waals surface area contributed by atoms with Gasteiger partial charge in [-0.3, -0.25) is 0 Å². The largest absolute Gasteiger partial charge is 0.373 e. The fourth-order valence-electron chi connectivity index (χ4n) is 1.94. The van der Waals surface area contributed by atoms with Crippen LogP contribution in [0, 0.1) is 11.7 Å². The fraction of sp³-hybridized carbons (Fsp3) is 0.333. The fourth-order valence-corrected chi connectivity index (χ4v) is 2.36. The van der Waals surface area contributed by atoms with Gasteiger partial charge in [-0.1, -0.05) is 29.8 Å². The molecule has 1 aromatic heterocycles. The molecule has 0 saturated carbocycles. The van der Waals surface area contributed by atoms with Gasteiger partial charge in [-0.05, 0) is 30.5 Å². The first-order chi connectivity index (χ1) is 9.49. The molecule has 0 atom stereocenters. The predicted molar refractivity (Wildman–Crippen MR) is 83.2 cm³/mol. The van der Waals surface area contributed by atoms with Crippen LogP contribution in [0.15, 0.2) is 28.7 Å². The standard InChI is InChI=1S/C15H17BrFN3/c1-9(2)6-11-8-14(18-3)20-15(19-11)12-7-10(17)4-5-13(12)16/h4-5,7-9H,6H2,1-3H3,(H,18,19,20). The molecule has 2 rings (SSSR count). The number of rotatable bonds is 4. The van der Waals surface area contributed by atoms with Crippen molar-refractivity contribution in [3.05, 3.63) is 40.2 Å². The minimum absolute atomic E-state index is 0.299. The van der Waals surface area contributed by atoms with Crippen LogP contribution in [0.2, 0.25) is 0 Å². The number of hydrogen-bond donors (Lipinski definition) is 1. The van der Waals surface area contributed by atoms with Gasteiger partial charge in [0.1, 0.15) is 11.6 Å². The summed E-state index contributed by atoms with van der Waals surface area (Å²) >= 11 is 3.42. The van der Waals surface area contributed by atoms with Crippen LogP contribution >= 0.6 is 15.9 Å². The maximum absolute atomic E-state index is 13.4. The molecule has 0 bridgehead atoms. The third-order valence-electron chi connectivity index (χ3n) is 2.82. The van der Waals surface area contributed by atoms with Gasteiger partial charge in [-0.25, -0.2) is 14.4 Å². The maximum atomic E-state index is 13.4. The van der Waals surface area contributed by atoms with E-state index in [0.29, 0.717) is 17.3 Å². The lowest BCUT2D eigenvalue weighted by atomic mass is 10.1. The Hall–Kier alpha value is -1.49. The summed E-state index contributed by atoms with van der Waals surface area (Å²) in [4.78, 5) is 8.96. The van der Waals surface area contributed by atoms with Gasteiger partial charge in [-0.2, -0.15) is 0 Å². The minimum atomic E-state index is -0.299. The minimum Gasteiger partial charge on any atom is -0.373 e. The number of hydrogen-bond acceptors (Lipinski definition) is 3. The average Bonchev–Trinajstić information content (AvgIpc) is 2.40. The van der Waals surface area contributed by atoms with Crippen LogP contribution in [0.1, 0.15) is 19.5 Å². The molecule has 1 aromatic carbocycles. The summed E-state index contributed by atoms with van der Waals surface area (Å²) in [5.74, 6) is 1.46. The van der Waals surface area contributed by atoms with E-state index >= 15 is 0 Å². The monoisotopic (exact) mass is 337 g/mol. The van der Waals surface area contributed by atoms with Crippen molar-refractivity contribution < 1.29 is 4.39 Å². The SMILES string of the molecule is CNc1cc(CC(C)C)nc(-c2cc(F)ccc2Br)n1. The molecule has 1 N–H and O–H groups in total. The zero-order chi connectivity index (χ0) is 14.7. The number of nitrogens with one attached hydrogen (secondary N) is 1. The van der Waals surface area contributed by atoms with Gasteiger partial charge in [0.05, 0.1) is 0 Å². The molecule has 0 unspecified atom stereocenters. The van der Waals surface area contributed by atoms with E-state index in [1.165, 1.54) is 12.1 Å². The van der Waals surface area contributed by atoms with Gasteiger partial charge >= 0.3 is 0 Å². The Balaban J connectivity index is 2.52. The molecular weight excluding hydrogens is 321 g/mol. The van der Waals surface area contributed by atoms with Gasteiger partial charge in [0.25, 0.3) is 0 Å². The van der Waals surface area contributed by atoms with Crippen molar-refractivity contribution in [2.24, 2.45) is 5.92 Å². The predicted octanol–water partition coefficient (Wildman–Crippen LogP) is 4.29. The third kappa shape index (κ3) is 3.54. The normalized spacial score (nSPS) is 10.9. The summed E-state index contributed by atoms with van der Waals surface area (Å²) < 4.78 is 14.2. The number of aromatic nitrogens is 2. The van der Waals surface area contributed by atoms with Crippen molar-refractivity contribution in [3.63, 3.8) is 0 Å². The summed E-state index contributed by atoms with van der Waals surface area (Å²) in [6, 6.07) is 6.45. The Morgan fingerprint density at radius 1 is 1.25 bits per heavy atom. The highest BCUT2D eigenvalue weighted by atomic mass is 79.9. The second kappa shape index (κ2) is 6.31. The first kappa shape index (κ1) is 14.9. The van der Waals surface area contributed by atoms with Crippen LogP contribution in [0.5, 0.6) is 0 Å². The molecule has 0 fully saturated rings. The molecule has 5 heteroatoms. The van der Waals surface area contributed by atoms with Crippen LogP contribution in [-0.4, -0.2) is 17.0 Å². The molecule has 0 amide bonds. The van der Waals surface area contributed by atoms with Crippen molar-refractivity contribution in [2.75, 3.05) is 12.4 Å². The Labute approximate surface area is 126 Å². The van der Waals surface area contributed by atoms with Crippen LogP contribution < -0.4 is 5.32 Å². The first-order valence-corrected chi connectivity index (χ1v) is 7.30. The van der Waals surface area contributed by atoms with E-state index in [2.05, 4.69) is 45.1 Å². The lowest BCUT2D eigenvalue weighted by molar-refractivity contribution is 0.627. The molecule has 20 heavy (non-hydrogen) atoms. The van der Waals surface area contributed by atoms with E-state index in [-0.39, 0.29) is 5.82 Å². The summed E-state index contributed by atoms with van der Waals surface area (Å²) in [5, 5.41) is 3.02. The van der Waals surface area contributed by atoms with Crippen LogP contribution in [-0.2, 0) is 6.42 Å². The maximum Gasteiger partial charge on any atom is 0.163 e. The van der Waals surface area contributed by atoms with Crippen molar-refractivity contribution in [2.45, 2.75) is 20.3 Å². The molecule has 0 aliphatic carbocycles. The van der Waals surface area contributed by atoms with Crippen LogP contribution in [0.3, 0.4) is 0 Å². The van der Waals surface area contributed by atoms with Crippen molar-refractivity contribution >= 4 is 21.7 Å². The Morgan fingerprint density at radius 3 is 2.65 bits per heavy atom. The third-order valence-corrected chi connectivity index (χ3v) is 3.51. The molecule has 0 radical (unpaired) electrons. The van der Waals surface area contributed by atoms with E-state index in [9.17, 15) is 4.39 Å². The molecule has 3 nitrogen and oxygen atoms in total. The Kier molecular flexibility index (Phi) is 4.70. The van der Waals surface area contributed by atoms with Crippen molar-refractivity contribution in [1.82, 2.24) is 9.97 Å². The second-order valence-electron chi connectivity index (χ2n) is 5.04. The van der Waals surface area contributed by atoms with E-state index < -0.39 is 0 Å². The van der Waals surface area contributed by atoms with E-state index in [4.69, 9.17) is 0 Å². The average molecular weight is 338 g/mol. The lowest BCUT2D eigenvalue weighted by Gasteiger charge is -2.10. The second-order valence-corrected chi connectivity index (χ2v) is 5.89. The van der Waals surface area contributed by atoms with Crippen molar-refractivity contribution in [1.29, 1.82) is 0 Å². The Bertz CT molecular complexity index is 614. The molecule has 2 aromatic rings. The topological polar surface area (TPSA) is 37.8 Å². The van der Waals surface area contributed by atoms with Gasteiger partial charge < -0.3 is 5.32 Å². The number of benzene rings is 1. The number of halogens is 2. The van der Waals surface area contributed by atoms with Gasteiger partial charge in [0.15, 0.2) is 5.82 Å². The summed E-state index contributed by atoms with van der Waals surface area (Å²) in [6.45, 7) is 4.28. The highest BCUT2D eigenvalue weighted by molar-refractivity contribution is 9.10. The van der Waals surface area contributed by atoms with Gasteiger partial charge in [0.2, 0.25) is 0 Å². The first-order valence-electron chi connectivity index (χ1n) is 6.50. The van der Waals surface area contributed by atoms with Gasteiger partial charge in [-0.15, -0.1) is 0 Å². The van der Waals surface area contributed by atoms with Crippen LogP contribution in [0.4, 0.5) is 10.2 Å². The zero-order valence-corrected chi connectivity index (χ0v) is 13.3. The molecule has 106 valence electrons. The smallest absolute Gasteiger partial charge is 0.163 e. The Morgan fingerprint density at radius 2 is 2.00 bits per heavy atom. The molecule has 0 aliphatic rings. The molecule has 0 spiro atoms. The van der Waals surface area contributed by atoms with E-state index in [1.807, 2.05) is 13.1 Å². The van der Waals surface area contributed by atoms with E-state index in [0.717, 1.165) is 22.4 Å². The summed E-state index contributed by atoms with van der Waals surface area (Å²) in [5.41, 5.74) is 1.61. The molecule has 0 saturated heterocycles. The lowest BCUT2D eigenvalue weighted by Crippen LogP contribution is -2.04. The van der Waals surface area contributed by atoms with E-state index in [1.54, 1.807) is 6.07 Å². The van der Waals surface area contributed by atoms with Gasteiger partial charge in [0, 0.05) is 28.8 Å². The number of anilines is 1. The summed E-state index contributed by atoms with van der Waals surface area (Å²) in [6.07, 6.45) is 0.858. The molecule has 1 heterocycles. The zero-order valence-electron chi connectivity index (χ0n) is 11.7. The quantitative estimate of drug-likeness (QED) is 0.904. The molecule has 0 aliphatic heterocycles. The highest BCUT2D eigenvalue weighted by Crippen LogP contribution is 2.27. The number of nitrogens with zero attached hydrogens (tertiary/aromatic N) is 2. The highest BCUT2D eigenvalue weighted by Gasteiger charge is 2.11. The summed E-state index contributed by atoms with van der Waals surface area (Å²) in [7, 11) is 1.81.